The Labute approximate surface area is 141 Å². The molecule has 1 aromatic carbocycles. The number of tetrazole rings is 1. The number of thioether (sulfide) groups is 1. The molecule has 3 aromatic rings. The van der Waals surface area contributed by atoms with Crippen molar-refractivity contribution in [1.29, 1.82) is 0 Å². The summed E-state index contributed by atoms with van der Waals surface area (Å²) in [5.41, 5.74) is 6.45. The van der Waals surface area contributed by atoms with Gasteiger partial charge in [0.25, 0.3) is 0 Å². The second kappa shape index (κ2) is 6.66. The summed E-state index contributed by atoms with van der Waals surface area (Å²) >= 11 is 1.37. The maximum Gasteiger partial charge on any atom is 0.229 e. The Morgan fingerprint density at radius 2 is 1.92 bits per heavy atom. The van der Waals surface area contributed by atoms with E-state index in [0.29, 0.717) is 22.7 Å². The summed E-state index contributed by atoms with van der Waals surface area (Å²) in [5.74, 6) is 1.82. The van der Waals surface area contributed by atoms with E-state index in [2.05, 4.69) is 30.5 Å². The quantitative estimate of drug-likeness (QED) is 0.630. The fourth-order valence-corrected chi connectivity index (χ4v) is 2.59. The van der Waals surface area contributed by atoms with Gasteiger partial charge in [-0.15, -0.1) is 5.10 Å². The van der Waals surface area contributed by atoms with Crippen LogP contribution in [0.5, 0.6) is 5.75 Å². The van der Waals surface area contributed by atoms with Gasteiger partial charge in [0.2, 0.25) is 17.1 Å². The number of benzene rings is 1. The van der Waals surface area contributed by atoms with Gasteiger partial charge in [-0.2, -0.15) is 19.6 Å². The molecule has 2 aromatic heterocycles. The lowest BCUT2D eigenvalue weighted by Gasteiger charge is -2.11. The minimum Gasteiger partial charge on any atom is -0.508 e. The van der Waals surface area contributed by atoms with Gasteiger partial charge in [0.05, 0.1) is 11.4 Å². The fourth-order valence-electron chi connectivity index (χ4n) is 1.84. The average molecular weight is 345 g/mol. The number of aromatic hydroxyl groups is 1. The van der Waals surface area contributed by atoms with Crippen LogP contribution in [0.3, 0.4) is 0 Å². The predicted octanol–water partition coefficient (Wildman–Crippen LogP) is 0.493. The third kappa shape index (κ3) is 3.51. The molecule has 0 aliphatic carbocycles. The van der Waals surface area contributed by atoms with Crippen LogP contribution >= 0.6 is 11.8 Å². The van der Waals surface area contributed by atoms with Crippen LogP contribution in [-0.2, 0) is 5.75 Å². The van der Waals surface area contributed by atoms with Crippen molar-refractivity contribution < 1.29 is 5.11 Å². The minimum absolute atomic E-state index is 0.169. The number of anilines is 2. The number of hydrogen-bond acceptors (Lipinski definition) is 10. The molecule has 0 fully saturated rings. The Kier molecular flexibility index (Phi) is 4.42. The summed E-state index contributed by atoms with van der Waals surface area (Å²) < 4.78 is 1.57. The van der Waals surface area contributed by atoms with Crippen LogP contribution in [0.2, 0.25) is 0 Å². The number of hydrogen-bond donors (Lipinski definition) is 2. The Hall–Kier alpha value is -2.95. The average Bonchev–Trinajstić information content (AvgIpc) is 3.01. The molecule has 0 saturated carbocycles. The van der Waals surface area contributed by atoms with Crippen LogP contribution in [0.25, 0.3) is 5.69 Å². The Balaban J connectivity index is 1.79. The molecule has 0 aliphatic rings. The maximum atomic E-state index is 9.37. The zero-order chi connectivity index (χ0) is 17.1. The van der Waals surface area contributed by atoms with Crippen LogP contribution < -0.4 is 10.6 Å². The highest BCUT2D eigenvalue weighted by Gasteiger charge is 2.12. The Bertz CT molecular complexity index is 834. The highest BCUT2D eigenvalue weighted by molar-refractivity contribution is 7.98. The molecular formula is C13H15N9OS. The van der Waals surface area contributed by atoms with Crippen LogP contribution in [-0.4, -0.2) is 54.4 Å². The summed E-state index contributed by atoms with van der Waals surface area (Å²) in [7, 11) is 3.66. The van der Waals surface area contributed by atoms with Crippen LogP contribution in [0, 0.1) is 0 Å². The van der Waals surface area contributed by atoms with E-state index < -0.39 is 0 Å². The van der Waals surface area contributed by atoms with E-state index in [1.54, 1.807) is 33.8 Å². The number of nitrogens with zero attached hydrogens (tertiary/aromatic N) is 8. The van der Waals surface area contributed by atoms with E-state index in [9.17, 15) is 5.11 Å². The predicted molar refractivity (Wildman–Crippen MR) is 88.9 cm³/mol. The lowest BCUT2D eigenvalue weighted by atomic mass is 10.3. The van der Waals surface area contributed by atoms with Crippen molar-refractivity contribution in [1.82, 2.24) is 35.2 Å². The zero-order valence-corrected chi connectivity index (χ0v) is 13.8. The van der Waals surface area contributed by atoms with Gasteiger partial charge in [0, 0.05) is 14.1 Å². The molecule has 3 rings (SSSR count). The largest absolute Gasteiger partial charge is 0.508 e. The molecule has 3 N–H and O–H groups in total. The molecule has 2 heterocycles. The number of rotatable bonds is 5. The van der Waals surface area contributed by atoms with Gasteiger partial charge in [-0.05, 0) is 34.7 Å². The van der Waals surface area contributed by atoms with Crippen molar-refractivity contribution in [2.24, 2.45) is 0 Å². The van der Waals surface area contributed by atoms with E-state index in [0.717, 1.165) is 5.69 Å². The van der Waals surface area contributed by atoms with E-state index in [-0.39, 0.29) is 11.7 Å². The van der Waals surface area contributed by atoms with Gasteiger partial charge < -0.3 is 15.7 Å². The van der Waals surface area contributed by atoms with Crippen LogP contribution in [0.1, 0.15) is 5.82 Å². The van der Waals surface area contributed by atoms with Crippen LogP contribution in [0.15, 0.2) is 29.4 Å². The summed E-state index contributed by atoms with van der Waals surface area (Å²) in [4.78, 5) is 14.3. The first-order valence-electron chi connectivity index (χ1n) is 6.91. The first-order valence-corrected chi connectivity index (χ1v) is 7.90. The lowest BCUT2D eigenvalue weighted by molar-refractivity contribution is 0.475. The van der Waals surface area contributed by atoms with Gasteiger partial charge >= 0.3 is 0 Å². The van der Waals surface area contributed by atoms with Gasteiger partial charge in [-0.25, -0.2) is 0 Å². The van der Waals surface area contributed by atoms with Gasteiger partial charge in [0.1, 0.15) is 11.6 Å². The summed E-state index contributed by atoms with van der Waals surface area (Å²) in [5, 5.41) is 21.6. The first kappa shape index (κ1) is 15.9. The molecule has 24 heavy (non-hydrogen) atoms. The Morgan fingerprint density at radius 3 is 2.62 bits per heavy atom. The molecular weight excluding hydrogens is 330 g/mol. The molecule has 0 spiro atoms. The first-order chi connectivity index (χ1) is 11.5. The van der Waals surface area contributed by atoms with Gasteiger partial charge in [0.15, 0.2) is 0 Å². The fraction of sp³-hybridized carbons (Fsp3) is 0.231. The molecule has 0 saturated heterocycles. The molecule has 10 nitrogen and oxygen atoms in total. The maximum absolute atomic E-state index is 9.37. The zero-order valence-electron chi connectivity index (χ0n) is 13.0. The smallest absolute Gasteiger partial charge is 0.229 e. The third-order valence-corrected chi connectivity index (χ3v) is 3.87. The van der Waals surface area contributed by atoms with Gasteiger partial charge in [-0.1, -0.05) is 11.8 Å². The molecule has 0 aliphatic heterocycles. The topological polar surface area (TPSA) is 132 Å². The molecule has 0 unspecified atom stereocenters. The van der Waals surface area contributed by atoms with Crippen molar-refractivity contribution in [2.75, 3.05) is 24.7 Å². The normalized spacial score (nSPS) is 10.8. The van der Waals surface area contributed by atoms with Gasteiger partial charge in [-0.3, -0.25) is 0 Å². The summed E-state index contributed by atoms with van der Waals surface area (Å²) in [6.07, 6.45) is 0. The monoisotopic (exact) mass is 345 g/mol. The molecule has 0 radical (unpaired) electrons. The standard InChI is InChI=1S/C13H15N9OS/c1-21(2)12-16-10(15-11(14)17-12)7-24-13-18-19-20-22(13)8-3-5-9(23)6-4-8/h3-6,23H,7H2,1-2H3,(H2,14,15,16,17). The van der Waals surface area contributed by atoms with Crippen LogP contribution in [0.4, 0.5) is 11.9 Å². The number of aromatic nitrogens is 7. The summed E-state index contributed by atoms with van der Waals surface area (Å²) in [6, 6.07) is 6.59. The van der Waals surface area contributed by atoms with E-state index in [1.807, 2.05) is 14.1 Å². The number of nitrogen functional groups attached to an aromatic ring is 1. The highest BCUT2D eigenvalue weighted by Crippen LogP contribution is 2.22. The second-order valence-electron chi connectivity index (χ2n) is 4.98. The van der Waals surface area contributed by atoms with E-state index in [1.165, 1.54) is 11.8 Å². The highest BCUT2D eigenvalue weighted by atomic mass is 32.2. The van der Waals surface area contributed by atoms with Crippen molar-refractivity contribution in [3.05, 3.63) is 30.1 Å². The van der Waals surface area contributed by atoms with E-state index in [4.69, 9.17) is 5.73 Å². The molecule has 0 bridgehead atoms. The third-order valence-electron chi connectivity index (χ3n) is 2.95. The second-order valence-corrected chi connectivity index (χ2v) is 5.93. The lowest BCUT2D eigenvalue weighted by Crippen LogP contribution is -2.16. The van der Waals surface area contributed by atoms with Crippen molar-refractivity contribution in [3.8, 4) is 11.4 Å². The molecule has 124 valence electrons. The van der Waals surface area contributed by atoms with Crippen molar-refractivity contribution >= 4 is 23.7 Å². The molecule has 11 heteroatoms. The molecule has 0 atom stereocenters. The minimum atomic E-state index is 0.169. The van der Waals surface area contributed by atoms with Crippen molar-refractivity contribution in [3.63, 3.8) is 0 Å². The van der Waals surface area contributed by atoms with Crippen molar-refractivity contribution in [2.45, 2.75) is 10.9 Å². The number of phenols is 1. The Morgan fingerprint density at radius 1 is 1.17 bits per heavy atom. The molecule has 0 amide bonds. The summed E-state index contributed by atoms with van der Waals surface area (Å²) in [6.45, 7) is 0. The number of nitrogens with two attached hydrogens (primary N) is 1. The number of phenolic OH excluding ortho intramolecular Hbond substituents is 1. The SMILES string of the molecule is CN(C)c1nc(N)nc(CSc2nnnn2-c2ccc(O)cc2)n1. The van der Waals surface area contributed by atoms with E-state index >= 15 is 0 Å².